The van der Waals surface area contributed by atoms with Gasteiger partial charge < -0.3 is 20.7 Å². The fraction of sp³-hybridized carbons (Fsp3) is 0.444. The van der Waals surface area contributed by atoms with Crippen molar-refractivity contribution in [1.29, 1.82) is 0 Å². The van der Waals surface area contributed by atoms with Crippen LogP contribution in [0.3, 0.4) is 0 Å². The molecule has 1 aromatic heterocycles. The zero-order valence-corrected chi connectivity index (χ0v) is 16.5. The summed E-state index contributed by atoms with van der Waals surface area (Å²) in [6.45, 7) is 2.50. The molecule has 2 amide bonds. The highest BCUT2D eigenvalue weighted by atomic mass is 35.5. The van der Waals surface area contributed by atoms with Gasteiger partial charge >= 0.3 is 0 Å². The maximum absolute atomic E-state index is 12.2. The molecule has 28 heavy (non-hydrogen) atoms. The number of hydrogen-bond acceptors (Lipinski definition) is 6. The molecule has 1 aliphatic rings. The van der Waals surface area contributed by atoms with Gasteiger partial charge in [0, 0.05) is 18.7 Å². The van der Waals surface area contributed by atoms with Gasteiger partial charge in [0.15, 0.2) is 5.69 Å². The Balaban J connectivity index is 0.00000280. The molecular formula is C18H25ClN6O3. The average Bonchev–Trinajstić information content (AvgIpc) is 3.22. The maximum Gasteiger partial charge on any atom is 0.273 e. The Bertz CT molecular complexity index is 791. The standard InChI is InChI=1S/C18H24N6O3.ClH/c1-27-15-4-2-3-13(11-15)17(25)20-9-10-21-18(26)16-12-24(23-22-16)14-5-7-19-8-6-14;/h2-4,11-12,14,19H,5-10H2,1H3,(H,20,25)(H,21,26);1H. The summed E-state index contributed by atoms with van der Waals surface area (Å²) in [7, 11) is 1.55. The lowest BCUT2D eigenvalue weighted by Gasteiger charge is -2.22. The van der Waals surface area contributed by atoms with Crippen LogP contribution in [0.25, 0.3) is 0 Å². The third kappa shape index (κ3) is 5.67. The van der Waals surface area contributed by atoms with Gasteiger partial charge in [-0.1, -0.05) is 11.3 Å². The highest BCUT2D eigenvalue weighted by Crippen LogP contribution is 2.17. The molecule has 3 N–H and O–H groups in total. The highest BCUT2D eigenvalue weighted by molar-refractivity contribution is 5.94. The number of aromatic nitrogens is 3. The molecule has 0 aliphatic carbocycles. The fourth-order valence-corrected chi connectivity index (χ4v) is 2.94. The molecular weight excluding hydrogens is 384 g/mol. The minimum absolute atomic E-state index is 0. The summed E-state index contributed by atoms with van der Waals surface area (Å²) in [6, 6.07) is 7.17. The van der Waals surface area contributed by atoms with E-state index in [4.69, 9.17) is 4.74 Å². The van der Waals surface area contributed by atoms with Crippen molar-refractivity contribution in [2.24, 2.45) is 0 Å². The van der Waals surface area contributed by atoms with Crippen molar-refractivity contribution in [2.75, 3.05) is 33.3 Å². The number of hydrogen-bond donors (Lipinski definition) is 3. The Kier molecular flexibility index (Phi) is 8.21. The van der Waals surface area contributed by atoms with Gasteiger partial charge in [0.25, 0.3) is 11.8 Å². The fourth-order valence-electron chi connectivity index (χ4n) is 2.94. The molecule has 1 aliphatic heterocycles. The van der Waals surface area contributed by atoms with Crippen molar-refractivity contribution in [3.63, 3.8) is 0 Å². The van der Waals surface area contributed by atoms with Crippen molar-refractivity contribution in [1.82, 2.24) is 30.9 Å². The lowest BCUT2D eigenvalue weighted by molar-refractivity contribution is 0.0925. The molecule has 1 aromatic carbocycles. The number of nitrogens with one attached hydrogen (secondary N) is 3. The van der Waals surface area contributed by atoms with Crippen LogP contribution < -0.4 is 20.7 Å². The minimum Gasteiger partial charge on any atom is -0.497 e. The first-order chi connectivity index (χ1) is 13.2. The number of methoxy groups -OCH3 is 1. The number of carbonyl (C=O) groups is 2. The van der Waals surface area contributed by atoms with E-state index in [9.17, 15) is 9.59 Å². The molecule has 152 valence electrons. The van der Waals surface area contributed by atoms with E-state index in [1.54, 1.807) is 42.3 Å². The van der Waals surface area contributed by atoms with Gasteiger partial charge in [-0.15, -0.1) is 17.5 Å². The van der Waals surface area contributed by atoms with E-state index in [2.05, 4.69) is 26.3 Å². The third-order valence-electron chi connectivity index (χ3n) is 4.45. The van der Waals surface area contributed by atoms with Crippen molar-refractivity contribution >= 4 is 24.2 Å². The first-order valence-corrected chi connectivity index (χ1v) is 9.00. The van der Waals surface area contributed by atoms with Crippen LogP contribution in [0.5, 0.6) is 5.75 Å². The van der Waals surface area contributed by atoms with Crippen molar-refractivity contribution in [3.8, 4) is 5.75 Å². The van der Waals surface area contributed by atoms with Crippen LogP contribution in [0.4, 0.5) is 0 Å². The van der Waals surface area contributed by atoms with Crippen LogP contribution >= 0.6 is 12.4 Å². The van der Waals surface area contributed by atoms with E-state index in [-0.39, 0.29) is 36.0 Å². The number of benzene rings is 1. The summed E-state index contributed by atoms with van der Waals surface area (Å²) in [5.41, 5.74) is 0.790. The van der Waals surface area contributed by atoms with Crippen LogP contribution in [-0.2, 0) is 0 Å². The summed E-state index contributed by atoms with van der Waals surface area (Å²) in [5.74, 6) is 0.0959. The molecule has 1 fully saturated rings. The Morgan fingerprint density at radius 1 is 1.21 bits per heavy atom. The first kappa shape index (κ1) is 21.6. The zero-order chi connectivity index (χ0) is 19.1. The van der Waals surface area contributed by atoms with Crippen molar-refractivity contribution in [3.05, 3.63) is 41.7 Å². The molecule has 0 atom stereocenters. The first-order valence-electron chi connectivity index (χ1n) is 9.00. The molecule has 0 unspecified atom stereocenters. The molecule has 0 bridgehead atoms. The van der Waals surface area contributed by atoms with E-state index in [0.29, 0.717) is 24.4 Å². The number of piperidine rings is 1. The average molecular weight is 409 g/mol. The van der Waals surface area contributed by atoms with Crippen molar-refractivity contribution in [2.45, 2.75) is 18.9 Å². The summed E-state index contributed by atoms with van der Waals surface area (Å²) < 4.78 is 6.87. The molecule has 3 rings (SSSR count). The number of nitrogens with zero attached hydrogens (tertiary/aromatic N) is 3. The van der Waals surface area contributed by atoms with Crippen LogP contribution in [0, 0.1) is 0 Å². The number of carbonyl (C=O) groups excluding carboxylic acids is 2. The molecule has 0 radical (unpaired) electrons. The third-order valence-corrected chi connectivity index (χ3v) is 4.45. The number of amides is 2. The van der Waals surface area contributed by atoms with Crippen LogP contribution in [0.2, 0.25) is 0 Å². The maximum atomic E-state index is 12.2. The predicted octanol–water partition coefficient (Wildman–Crippen LogP) is 0.793. The second kappa shape index (κ2) is 10.6. The smallest absolute Gasteiger partial charge is 0.273 e. The van der Waals surface area contributed by atoms with E-state index < -0.39 is 0 Å². The lowest BCUT2D eigenvalue weighted by atomic mass is 10.1. The monoisotopic (exact) mass is 408 g/mol. The Morgan fingerprint density at radius 2 is 1.93 bits per heavy atom. The van der Waals surface area contributed by atoms with Gasteiger partial charge in [-0.05, 0) is 44.1 Å². The second-order valence-electron chi connectivity index (χ2n) is 6.31. The summed E-state index contributed by atoms with van der Waals surface area (Å²) in [6.07, 6.45) is 3.63. The number of halogens is 1. The highest BCUT2D eigenvalue weighted by Gasteiger charge is 2.18. The molecule has 0 spiro atoms. The molecule has 10 heteroatoms. The quantitative estimate of drug-likeness (QED) is 0.584. The van der Waals surface area contributed by atoms with E-state index in [0.717, 1.165) is 25.9 Å². The summed E-state index contributed by atoms with van der Waals surface area (Å²) >= 11 is 0. The Morgan fingerprint density at radius 3 is 2.64 bits per heavy atom. The minimum atomic E-state index is -0.300. The Hall–Kier alpha value is -2.65. The molecule has 2 aromatic rings. The zero-order valence-electron chi connectivity index (χ0n) is 15.7. The molecule has 9 nitrogen and oxygen atoms in total. The van der Waals surface area contributed by atoms with Crippen LogP contribution in [0.15, 0.2) is 30.5 Å². The van der Waals surface area contributed by atoms with Gasteiger partial charge in [-0.2, -0.15) is 0 Å². The van der Waals surface area contributed by atoms with E-state index in [1.165, 1.54) is 0 Å². The van der Waals surface area contributed by atoms with Crippen LogP contribution in [0.1, 0.15) is 39.7 Å². The van der Waals surface area contributed by atoms with Crippen LogP contribution in [-0.4, -0.2) is 60.1 Å². The van der Waals surface area contributed by atoms with Gasteiger partial charge in [-0.25, -0.2) is 4.68 Å². The largest absolute Gasteiger partial charge is 0.497 e. The molecule has 1 saturated heterocycles. The lowest BCUT2D eigenvalue weighted by Crippen LogP contribution is -2.34. The van der Waals surface area contributed by atoms with E-state index >= 15 is 0 Å². The van der Waals surface area contributed by atoms with Gasteiger partial charge in [0.2, 0.25) is 0 Å². The SMILES string of the molecule is COc1cccc(C(=O)NCCNC(=O)c2cn(C3CCNCC3)nn2)c1.Cl. The summed E-state index contributed by atoms with van der Waals surface area (Å²) in [4.78, 5) is 24.3. The number of ether oxygens (including phenoxy) is 1. The van der Waals surface area contributed by atoms with Gasteiger partial charge in [0.05, 0.1) is 19.3 Å². The molecule has 2 heterocycles. The second-order valence-corrected chi connectivity index (χ2v) is 6.31. The predicted molar refractivity (Wildman–Crippen MR) is 106 cm³/mol. The van der Waals surface area contributed by atoms with Gasteiger partial charge in [-0.3, -0.25) is 9.59 Å². The number of rotatable bonds is 7. The van der Waals surface area contributed by atoms with Crippen molar-refractivity contribution < 1.29 is 14.3 Å². The van der Waals surface area contributed by atoms with Gasteiger partial charge in [0.1, 0.15) is 5.75 Å². The Labute approximate surface area is 169 Å². The van der Waals surface area contributed by atoms with E-state index in [1.807, 2.05) is 0 Å². The topological polar surface area (TPSA) is 110 Å². The molecule has 0 saturated carbocycles. The normalized spacial score (nSPS) is 14.0. The summed E-state index contributed by atoms with van der Waals surface area (Å²) in [5, 5.41) is 16.8.